The van der Waals surface area contributed by atoms with E-state index in [9.17, 15) is 9.50 Å². The molecule has 0 amide bonds. The minimum absolute atomic E-state index is 0.0685. The number of halogens is 2. The molecule has 0 spiro atoms. The summed E-state index contributed by atoms with van der Waals surface area (Å²) in [5.41, 5.74) is 1.95. The number of hydrogen-bond donors (Lipinski definition) is 1. The molecular weight excluding hydrogens is 191 g/mol. The Morgan fingerprint density at radius 1 is 1.46 bits per heavy atom. The van der Waals surface area contributed by atoms with E-state index in [1.54, 1.807) is 13.0 Å². The molecule has 0 radical (unpaired) electrons. The highest BCUT2D eigenvalue weighted by Crippen LogP contribution is 2.29. The fourth-order valence-corrected chi connectivity index (χ4v) is 1.63. The summed E-state index contributed by atoms with van der Waals surface area (Å²) in [7, 11) is 0. The maximum Gasteiger partial charge on any atom is 0.147 e. The Balaban J connectivity index is 3.46. The number of rotatable bonds is 1. The number of aliphatic hydroxyl groups excluding tert-OH is 1. The molecule has 0 fully saturated rings. The van der Waals surface area contributed by atoms with Gasteiger partial charge in [-0.3, -0.25) is 0 Å². The molecule has 13 heavy (non-hydrogen) atoms. The highest BCUT2D eigenvalue weighted by atomic mass is 35.5. The molecule has 1 rings (SSSR count). The molecule has 1 atom stereocenters. The Labute approximate surface area is 82.2 Å². The monoisotopic (exact) mass is 202 g/mol. The molecule has 0 aliphatic carbocycles. The lowest BCUT2D eigenvalue weighted by molar-refractivity contribution is 0.193. The molecule has 0 heterocycles. The fraction of sp³-hybridized carbons (Fsp3) is 0.400. The molecule has 1 unspecified atom stereocenters. The van der Waals surface area contributed by atoms with Crippen molar-refractivity contribution < 1.29 is 9.50 Å². The lowest BCUT2D eigenvalue weighted by atomic mass is 9.99. The largest absolute Gasteiger partial charge is 0.389 e. The van der Waals surface area contributed by atoms with Gasteiger partial charge in [-0.15, -0.1) is 0 Å². The third-order valence-corrected chi connectivity index (χ3v) is 2.48. The first-order valence-electron chi connectivity index (χ1n) is 4.08. The van der Waals surface area contributed by atoms with E-state index < -0.39 is 11.9 Å². The van der Waals surface area contributed by atoms with Gasteiger partial charge in [0.2, 0.25) is 0 Å². The molecule has 3 heteroatoms. The molecule has 1 aromatic carbocycles. The molecule has 72 valence electrons. The third-order valence-electron chi connectivity index (χ3n) is 2.20. The maximum atomic E-state index is 13.4. The predicted molar refractivity (Wildman–Crippen MR) is 51.5 cm³/mol. The van der Waals surface area contributed by atoms with E-state index in [4.69, 9.17) is 11.6 Å². The van der Waals surface area contributed by atoms with Gasteiger partial charge < -0.3 is 5.11 Å². The zero-order chi connectivity index (χ0) is 10.2. The van der Waals surface area contributed by atoms with Gasteiger partial charge in [0.05, 0.1) is 11.1 Å². The van der Waals surface area contributed by atoms with E-state index in [0.717, 1.165) is 11.1 Å². The highest BCUT2D eigenvalue weighted by Gasteiger charge is 2.16. The van der Waals surface area contributed by atoms with E-state index in [1.807, 2.05) is 6.92 Å². The van der Waals surface area contributed by atoms with Crippen molar-refractivity contribution in [3.63, 3.8) is 0 Å². The first-order chi connectivity index (χ1) is 5.95. The van der Waals surface area contributed by atoms with E-state index in [1.165, 1.54) is 6.92 Å². The summed E-state index contributed by atoms with van der Waals surface area (Å²) < 4.78 is 13.4. The van der Waals surface area contributed by atoms with Crippen LogP contribution in [0.25, 0.3) is 0 Å². The van der Waals surface area contributed by atoms with Crippen LogP contribution in [0.15, 0.2) is 6.07 Å². The molecule has 0 aliphatic rings. The van der Waals surface area contributed by atoms with Gasteiger partial charge in [-0.1, -0.05) is 11.6 Å². The summed E-state index contributed by atoms with van der Waals surface area (Å²) in [6.07, 6.45) is -0.822. The minimum atomic E-state index is -0.822. The van der Waals surface area contributed by atoms with Gasteiger partial charge in [-0.05, 0) is 38.0 Å². The standard InChI is InChI=1S/C10H12ClFO/c1-5-4-8(11)10(12)9(6(5)2)7(3)13/h4,7,13H,1-3H3. The SMILES string of the molecule is Cc1cc(Cl)c(F)c(C(C)O)c1C. The van der Waals surface area contributed by atoms with Crippen molar-refractivity contribution in [2.24, 2.45) is 0 Å². The van der Waals surface area contributed by atoms with E-state index >= 15 is 0 Å². The number of aliphatic hydroxyl groups is 1. The van der Waals surface area contributed by atoms with Crippen molar-refractivity contribution >= 4 is 11.6 Å². The zero-order valence-electron chi connectivity index (χ0n) is 7.86. The Morgan fingerprint density at radius 3 is 2.46 bits per heavy atom. The first-order valence-corrected chi connectivity index (χ1v) is 4.46. The van der Waals surface area contributed by atoms with Gasteiger partial charge in [0.1, 0.15) is 5.82 Å². The van der Waals surface area contributed by atoms with Crippen LogP contribution in [0.1, 0.15) is 29.7 Å². The van der Waals surface area contributed by atoms with Crippen molar-refractivity contribution in [1.82, 2.24) is 0 Å². The quantitative estimate of drug-likeness (QED) is 0.742. The molecule has 0 saturated heterocycles. The van der Waals surface area contributed by atoms with Gasteiger partial charge in [0.25, 0.3) is 0 Å². The van der Waals surface area contributed by atoms with Crippen LogP contribution in [0.2, 0.25) is 5.02 Å². The van der Waals surface area contributed by atoms with Crippen LogP contribution >= 0.6 is 11.6 Å². The van der Waals surface area contributed by atoms with E-state index in [2.05, 4.69) is 0 Å². The molecule has 0 aliphatic heterocycles. The van der Waals surface area contributed by atoms with Crippen molar-refractivity contribution in [3.8, 4) is 0 Å². The molecule has 0 bridgehead atoms. The van der Waals surface area contributed by atoms with Crippen LogP contribution in [-0.4, -0.2) is 5.11 Å². The first kappa shape index (κ1) is 10.5. The fourth-order valence-electron chi connectivity index (χ4n) is 1.36. The maximum absolute atomic E-state index is 13.4. The average molecular weight is 203 g/mol. The molecule has 1 N–H and O–H groups in total. The molecule has 1 nitrogen and oxygen atoms in total. The van der Waals surface area contributed by atoms with Crippen LogP contribution in [-0.2, 0) is 0 Å². The van der Waals surface area contributed by atoms with Gasteiger partial charge in [-0.2, -0.15) is 0 Å². The highest BCUT2D eigenvalue weighted by molar-refractivity contribution is 6.30. The summed E-state index contributed by atoms with van der Waals surface area (Å²) in [6, 6.07) is 1.57. The summed E-state index contributed by atoms with van der Waals surface area (Å²) in [6.45, 7) is 5.14. The number of hydrogen-bond acceptors (Lipinski definition) is 1. The number of benzene rings is 1. The second kappa shape index (κ2) is 3.64. The Hall–Kier alpha value is -0.600. The third kappa shape index (κ3) is 1.84. The van der Waals surface area contributed by atoms with Crippen LogP contribution < -0.4 is 0 Å². The van der Waals surface area contributed by atoms with Crippen LogP contribution in [0.5, 0.6) is 0 Å². The normalized spacial score (nSPS) is 13.1. The zero-order valence-corrected chi connectivity index (χ0v) is 8.61. The van der Waals surface area contributed by atoms with Crippen LogP contribution in [0.4, 0.5) is 4.39 Å². The van der Waals surface area contributed by atoms with Crippen molar-refractivity contribution in [1.29, 1.82) is 0 Å². The van der Waals surface area contributed by atoms with Gasteiger partial charge >= 0.3 is 0 Å². The smallest absolute Gasteiger partial charge is 0.147 e. The van der Waals surface area contributed by atoms with Crippen LogP contribution in [0.3, 0.4) is 0 Å². The summed E-state index contributed by atoms with van der Waals surface area (Å²) in [4.78, 5) is 0. The summed E-state index contributed by atoms with van der Waals surface area (Å²) in [5, 5.41) is 9.40. The lowest BCUT2D eigenvalue weighted by Gasteiger charge is -2.13. The molecule has 1 aromatic rings. The number of aryl methyl sites for hydroxylation is 1. The topological polar surface area (TPSA) is 20.2 Å². The van der Waals surface area contributed by atoms with Gasteiger partial charge in [-0.25, -0.2) is 4.39 Å². The summed E-state index contributed by atoms with van der Waals surface area (Å²) >= 11 is 5.65. The minimum Gasteiger partial charge on any atom is -0.389 e. The van der Waals surface area contributed by atoms with Crippen molar-refractivity contribution in [3.05, 3.63) is 33.6 Å². The van der Waals surface area contributed by atoms with Crippen molar-refractivity contribution in [2.45, 2.75) is 26.9 Å². The second-order valence-electron chi connectivity index (χ2n) is 3.20. The molecule has 0 aromatic heterocycles. The average Bonchev–Trinajstić information content (AvgIpc) is 2.01. The Morgan fingerprint density at radius 2 is 2.00 bits per heavy atom. The molecule has 0 saturated carbocycles. The Bertz CT molecular complexity index is 308. The molecular formula is C10H12ClFO. The summed E-state index contributed by atoms with van der Waals surface area (Å²) in [5.74, 6) is -0.514. The lowest BCUT2D eigenvalue weighted by Crippen LogP contribution is -2.02. The second-order valence-corrected chi connectivity index (χ2v) is 3.61. The van der Waals surface area contributed by atoms with Crippen LogP contribution in [0, 0.1) is 19.7 Å². The van der Waals surface area contributed by atoms with E-state index in [-0.39, 0.29) is 5.02 Å². The van der Waals surface area contributed by atoms with E-state index in [0.29, 0.717) is 5.56 Å². The van der Waals surface area contributed by atoms with Gasteiger partial charge in [0.15, 0.2) is 0 Å². The van der Waals surface area contributed by atoms with Crippen molar-refractivity contribution in [2.75, 3.05) is 0 Å². The predicted octanol–water partition coefficient (Wildman–Crippen LogP) is 3.15. The van der Waals surface area contributed by atoms with Gasteiger partial charge in [0, 0.05) is 5.56 Å². The Kier molecular flexibility index (Phi) is 2.94.